The molecule has 0 radical (unpaired) electrons. The zero-order valence-corrected chi connectivity index (χ0v) is 20.7. The number of nitrogens with one attached hydrogen (secondary N) is 2. The van der Waals surface area contributed by atoms with Gasteiger partial charge in [-0.25, -0.2) is 4.98 Å². The van der Waals surface area contributed by atoms with E-state index in [0.29, 0.717) is 11.0 Å². The summed E-state index contributed by atoms with van der Waals surface area (Å²) >= 11 is 1.37. The summed E-state index contributed by atoms with van der Waals surface area (Å²) in [6.07, 6.45) is -0.661. The van der Waals surface area contributed by atoms with E-state index in [1.165, 1.54) is 18.3 Å². The van der Waals surface area contributed by atoms with Crippen LogP contribution in [0.2, 0.25) is 0 Å². The second-order valence-corrected chi connectivity index (χ2v) is 9.39. The van der Waals surface area contributed by atoms with Gasteiger partial charge in [-0.05, 0) is 49.4 Å². The van der Waals surface area contributed by atoms with Crippen LogP contribution in [-0.2, 0) is 9.59 Å². The van der Waals surface area contributed by atoms with Gasteiger partial charge in [-0.1, -0.05) is 50.2 Å². The first kappa shape index (κ1) is 24.5. The van der Waals surface area contributed by atoms with E-state index in [1.807, 2.05) is 49.6 Å². The van der Waals surface area contributed by atoms with E-state index in [0.717, 1.165) is 33.7 Å². The normalized spacial score (nSPS) is 12.8. The zero-order chi connectivity index (χ0) is 24.1. The smallest absolute Gasteiger partial charge is 0.266 e. The van der Waals surface area contributed by atoms with Gasteiger partial charge in [0.25, 0.3) is 5.91 Å². The zero-order valence-electron chi connectivity index (χ0n) is 19.9. The van der Waals surface area contributed by atoms with E-state index in [-0.39, 0.29) is 17.9 Å². The van der Waals surface area contributed by atoms with Gasteiger partial charge in [-0.3, -0.25) is 14.9 Å². The van der Waals surface area contributed by atoms with Crippen LogP contribution in [0.1, 0.15) is 63.3 Å². The molecule has 174 valence electrons. The van der Waals surface area contributed by atoms with Crippen LogP contribution < -0.4 is 15.4 Å². The molecule has 2 amide bonds. The summed E-state index contributed by atoms with van der Waals surface area (Å²) in [5.41, 5.74) is 4.90. The van der Waals surface area contributed by atoms with Crippen molar-refractivity contribution in [2.24, 2.45) is 0 Å². The Balaban J connectivity index is 1.65. The lowest BCUT2D eigenvalue weighted by Gasteiger charge is -2.19. The maximum Gasteiger partial charge on any atom is 0.266 e. The molecule has 3 rings (SSSR count). The number of rotatable bonds is 8. The van der Waals surface area contributed by atoms with Crippen LogP contribution in [0.3, 0.4) is 0 Å². The Morgan fingerprint density at radius 2 is 1.73 bits per heavy atom. The topological polar surface area (TPSA) is 80.3 Å². The van der Waals surface area contributed by atoms with Crippen molar-refractivity contribution in [3.8, 4) is 17.0 Å². The molecular weight excluding hydrogens is 434 g/mol. The van der Waals surface area contributed by atoms with Gasteiger partial charge in [0, 0.05) is 17.9 Å². The van der Waals surface area contributed by atoms with Gasteiger partial charge in [0.1, 0.15) is 5.75 Å². The molecule has 0 fully saturated rings. The molecule has 2 aromatic carbocycles. The fourth-order valence-electron chi connectivity index (χ4n) is 3.47. The molecule has 0 aliphatic heterocycles. The summed E-state index contributed by atoms with van der Waals surface area (Å²) in [7, 11) is 0. The third-order valence-electron chi connectivity index (χ3n) is 5.32. The molecule has 0 aliphatic rings. The Hall–Kier alpha value is -3.19. The fraction of sp³-hybridized carbons (Fsp3) is 0.346. The molecule has 1 aromatic heterocycles. The molecule has 0 aliphatic carbocycles. The molecule has 0 spiro atoms. The van der Waals surface area contributed by atoms with Crippen molar-refractivity contribution in [1.82, 2.24) is 10.3 Å². The quantitative estimate of drug-likeness (QED) is 0.438. The maximum absolute atomic E-state index is 12.7. The Bertz CT molecular complexity index is 1120. The molecule has 0 bridgehead atoms. The highest BCUT2D eigenvalue weighted by molar-refractivity contribution is 7.14. The Morgan fingerprint density at radius 1 is 1.03 bits per heavy atom. The van der Waals surface area contributed by atoms with E-state index in [4.69, 9.17) is 4.74 Å². The van der Waals surface area contributed by atoms with E-state index >= 15 is 0 Å². The fourth-order valence-corrected chi connectivity index (χ4v) is 4.19. The van der Waals surface area contributed by atoms with Gasteiger partial charge in [-0.2, -0.15) is 0 Å². The largest absolute Gasteiger partial charge is 0.481 e. The van der Waals surface area contributed by atoms with Gasteiger partial charge in [-0.15, -0.1) is 11.3 Å². The predicted octanol–water partition coefficient (Wildman–Crippen LogP) is 5.85. The van der Waals surface area contributed by atoms with Crippen LogP contribution in [-0.4, -0.2) is 22.9 Å². The predicted molar refractivity (Wildman–Crippen MR) is 134 cm³/mol. The Kier molecular flexibility index (Phi) is 7.87. The SMILES string of the molecule is CC(=O)N[C@H](C)c1ccc(-c2csc(NC(=O)[C@@H](C)Oc3cc(C)ccc3C(C)C)n2)cc1. The second-order valence-electron chi connectivity index (χ2n) is 8.53. The number of carbonyl (C=O) groups excluding carboxylic acids is 2. The van der Waals surface area contributed by atoms with Crippen LogP contribution >= 0.6 is 11.3 Å². The van der Waals surface area contributed by atoms with Crippen LogP contribution in [0.5, 0.6) is 5.75 Å². The summed E-state index contributed by atoms with van der Waals surface area (Å²) in [6.45, 7) is 11.4. The second kappa shape index (κ2) is 10.6. The summed E-state index contributed by atoms with van der Waals surface area (Å²) in [6, 6.07) is 13.9. The molecule has 7 heteroatoms. The third-order valence-corrected chi connectivity index (χ3v) is 6.08. The highest BCUT2D eigenvalue weighted by atomic mass is 32.1. The number of amides is 2. The molecule has 0 saturated carbocycles. The maximum atomic E-state index is 12.7. The first-order chi connectivity index (χ1) is 15.6. The minimum absolute atomic E-state index is 0.0621. The van der Waals surface area contributed by atoms with Gasteiger partial charge in [0.05, 0.1) is 11.7 Å². The highest BCUT2D eigenvalue weighted by Crippen LogP contribution is 2.29. The lowest BCUT2D eigenvalue weighted by atomic mass is 10.0. The van der Waals surface area contributed by atoms with E-state index < -0.39 is 6.10 Å². The Labute approximate surface area is 199 Å². The molecule has 6 nitrogen and oxygen atoms in total. The van der Waals surface area contributed by atoms with Gasteiger partial charge < -0.3 is 10.1 Å². The lowest BCUT2D eigenvalue weighted by molar-refractivity contribution is -0.122. The van der Waals surface area contributed by atoms with E-state index in [1.54, 1.807) is 6.92 Å². The molecule has 0 unspecified atom stereocenters. The van der Waals surface area contributed by atoms with Gasteiger partial charge in [0.15, 0.2) is 11.2 Å². The number of hydrogen-bond donors (Lipinski definition) is 2. The molecule has 3 aromatic rings. The molecular formula is C26H31N3O3S. The van der Waals surface area contributed by atoms with E-state index in [9.17, 15) is 9.59 Å². The number of aromatic nitrogens is 1. The van der Waals surface area contributed by atoms with Crippen molar-refractivity contribution < 1.29 is 14.3 Å². The Morgan fingerprint density at radius 3 is 2.36 bits per heavy atom. The van der Waals surface area contributed by atoms with Crippen molar-refractivity contribution in [3.63, 3.8) is 0 Å². The van der Waals surface area contributed by atoms with Crippen LogP contribution in [0.4, 0.5) is 5.13 Å². The van der Waals surface area contributed by atoms with Crippen LogP contribution in [0.15, 0.2) is 47.8 Å². The number of hydrogen-bond acceptors (Lipinski definition) is 5. The highest BCUT2D eigenvalue weighted by Gasteiger charge is 2.19. The van der Waals surface area contributed by atoms with Crippen molar-refractivity contribution in [2.45, 2.75) is 59.6 Å². The minimum Gasteiger partial charge on any atom is -0.481 e. The lowest BCUT2D eigenvalue weighted by Crippen LogP contribution is -2.30. The summed E-state index contributed by atoms with van der Waals surface area (Å²) in [5, 5.41) is 8.17. The van der Waals surface area contributed by atoms with Crippen LogP contribution in [0, 0.1) is 6.92 Å². The monoisotopic (exact) mass is 465 g/mol. The summed E-state index contributed by atoms with van der Waals surface area (Å²) in [4.78, 5) is 28.5. The van der Waals surface area contributed by atoms with Crippen molar-refractivity contribution in [2.75, 3.05) is 5.32 Å². The first-order valence-electron chi connectivity index (χ1n) is 11.0. The van der Waals surface area contributed by atoms with Gasteiger partial charge in [0.2, 0.25) is 5.91 Å². The van der Waals surface area contributed by atoms with Crippen molar-refractivity contribution in [1.29, 1.82) is 0 Å². The number of aryl methyl sites for hydroxylation is 1. The average molecular weight is 466 g/mol. The molecule has 33 heavy (non-hydrogen) atoms. The number of benzene rings is 2. The number of carbonyl (C=O) groups is 2. The number of anilines is 1. The van der Waals surface area contributed by atoms with Crippen LogP contribution in [0.25, 0.3) is 11.3 Å². The third kappa shape index (κ3) is 6.42. The van der Waals surface area contributed by atoms with Crippen molar-refractivity contribution in [3.05, 3.63) is 64.5 Å². The average Bonchev–Trinajstić information content (AvgIpc) is 3.21. The number of ether oxygens (including phenoxy) is 1. The minimum atomic E-state index is -0.661. The molecule has 1 heterocycles. The van der Waals surface area contributed by atoms with E-state index in [2.05, 4.69) is 41.6 Å². The number of nitrogens with zero attached hydrogens (tertiary/aromatic N) is 1. The number of thiazole rings is 1. The van der Waals surface area contributed by atoms with Gasteiger partial charge >= 0.3 is 0 Å². The summed E-state index contributed by atoms with van der Waals surface area (Å²) < 4.78 is 6.01. The molecule has 2 N–H and O–H groups in total. The standard InChI is InChI=1S/C26H31N3O3S/c1-15(2)22-12-7-16(3)13-24(22)32-18(5)25(31)29-26-28-23(14-33-26)21-10-8-20(9-11-21)17(4)27-19(6)30/h7-15,17-18H,1-6H3,(H,27,30)(H,28,29,31)/t17-,18-/m1/s1. The molecule has 0 saturated heterocycles. The first-order valence-corrected chi connectivity index (χ1v) is 11.9. The summed E-state index contributed by atoms with van der Waals surface area (Å²) in [5.74, 6) is 0.727. The van der Waals surface area contributed by atoms with Crippen molar-refractivity contribution >= 4 is 28.3 Å². The molecule has 2 atom stereocenters.